The predicted octanol–water partition coefficient (Wildman–Crippen LogP) is 2.94. The Bertz CT molecular complexity index is 357. The lowest BCUT2D eigenvalue weighted by Gasteiger charge is -2.13. The highest BCUT2D eigenvalue weighted by atomic mass is 79.9. The average Bonchev–Trinajstić information content (AvgIpc) is 2.26. The van der Waals surface area contributed by atoms with Crippen molar-refractivity contribution in [3.05, 3.63) is 28.7 Å². The van der Waals surface area contributed by atoms with E-state index in [-0.39, 0.29) is 6.04 Å². The summed E-state index contributed by atoms with van der Waals surface area (Å²) in [7, 11) is -0.938. The van der Waals surface area contributed by atoms with Gasteiger partial charge in [0.05, 0.1) is 15.7 Å². The Morgan fingerprint density at radius 3 is 2.75 bits per heavy atom. The number of nitrogens with one attached hydrogen (secondary N) is 1. The molecule has 1 aromatic carbocycles. The second kappa shape index (κ2) is 7.20. The maximum absolute atomic E-state index is 12.1. The molecule has 0 aliphatic carbocycles. The molecule has 0 aliphatic heterocycles. The van der Waals surface area contributed by atoms with Gasteiger partial charge >= 0.3 is 0 Å². The topological polar surface area (TPSA) is 29.1 Å². The van der Waals surface area contributed by atoms with E-state index in [2.05, 4.69) is 35.1 Å². The second-order valence-corrected chi connectivity index (χ2v) is 6.12. The van der Waals surface area contributed by atoms with E-state index in [1.54, 1.807) is 0 Å². The summed E-state index contributed by atoms with van der Waals surface area (Å²) in [5.74, 6) is 0.655. The van der Waals surface area contributed by atoms with Gasteiger partial charge in [0.25, 0.3) is 0 Å². The van der Waals surface area contributed by atoms with Gasteiger partial charge in [-0.15, -0.1) is 0 Å². The Balaban J connectivity index is 2.56. The molecule has 0 bridgehead atoms. The lowest BCUT2D eigenvalue weighted by Crippen LogP contribution is -2.31. The van der Waals surface area contributed by atoms with Crippen molar-refractivity contribution in [2.45, 2.75) is 31.2 Å². The van der Waals surface area contributed by atoms with E-state index in [4.69, 9.17) is 0 Å². The van der Waals surface area contributed by atoms with E-state index in [0.717, 1.165) is 22.3 Å². The van der Waals surface area contributed by atoms with Gasteiger partial charge in [-0.05, 0) is 48.0 Å². The van der Waals surface area contributed by atoms with Crippen LogP contribution >= 0.6 is 15.9 Å². The van der Waals surface area contributed by atoms with Crippen LogP contribution in [0.3, 0.4) is 0 Å². The maximum atomic E-state index is 12.1. The first-order valence-electron chi connectivity index (χ1n) is 5.51. The van der Waals surface area contributed by atoms with Crippen molar-refractivity contribution in [3.8, 4) is 0 Å². The zero-order valence-corrected chi connectivity index (χ0v) is 12.1. The summed E-state index contributed by atoms with van der Waals surface area (Å²) >= 11 is 3.43. The molecular formula is C12H18BrNOS. The van der Waals surface area contributed by atoms with Crippen LogP contribution in [0.5, 0.6) is 0 Å². The Morgan fingerprint density at radius 1 is 1.44 bits per heavy atom. The van der Waals surface area contributed by atoms with Gasteiger partial charge < -0.3 is 5.32 Å². The van der Waals surface area contributed by atoms with Crippen LogP contribution in [0.15, 0.2) is 33.6 Å². The minimum absolute atomic E-state index is 0.285. The monoisotopic (exact) mass is 303 g/mol. The fourth-order valence-electron chi connectivity index (χ4n) is 1.40. The molecule has 0 spiro atoms. The molecule has 16 heavy (non-hydrogen) atoms. The number of hydrogen-bond donors (Lipinski definition) is 1. The van der Waals surface area contributed by atoms with Gasteiger partial charge in [-0.2, -0.15) is 0 Å². The number of hydrogen-bond acceptors (Lipinski definition) is 2. The Labute approximate surface area is 108 Å². The number of benzene rings is 1. The molecule has 0 radical (unpaired) electrons. The molecule has 0 aliphatic rings. The van der Waals surface area contributed by atoms with Crippen molar-refractivity contribution in [1.29, 1.82) is 0 Å². The minimum Gasteiger partial charge on any atom is -0.313 e. The third-order valence-electron chi connectivity index (χ3n) is 2.23. The molecule has 90 valence electrons. The first kappa shape index (κ1) is 13.9. The van der Waals surface area contributed by atoms with Crippen molar-refractivity contribution in [2.24, 2.45) is 0 Å². The lowest BCUT2D eigenvalue weighted by molar-refractivity contribution is 0.582. The molecule has 2 unspecified atom stereocenters. The van der Waals surface area contributed by atoms with Crippen LogP contribution in [0, 0.1) is 0 Å². The first-order chi connectivity index (χ1) is 7.65. The van der Waals surface area contributed by atoms with E-state index < -0.39 is 10.8 Å². The van der Waals surface area contributed by atoms with Crippen LogP contribution in [0.2, 0.25) is 0 Å². The van der Waals surface area contributed by atoms with Gasteiger partial charge in [0, 0.05) is 16.3 Å². The number of halogens is 1. The molecule has 1 aromatic rings. The molecule has 0 amide bonds. The van der Waals surface area contributed by atoms with Gasteiger partial charge in [-0.25, -0.2) is 0 Å². The normalized spacial score (nSPS) is 14.7. The molecule has 0 fully saturated rings. The Morgan fingerprint density at radius 2 is 2.12 bits per heavy atom. The van der Waals surface area contributed by atoms with Crippen LogP contribution in [0.4, 0.5) is 0 Å². The largest absolute Gasteiger partial charge is 0.313 e. The van der Waals surface area contributed by atoms with Crippen LogP contribution < -0.4 is 5.32 Å². The Kier molecular flexibility index (Phi) is 6.24. The molecule has 0 heterocycles. The van der Waals surface area contributed by atoms with E-state index in [0.29, 0.717) is 5.75 Å². The fourth-order valence-corrected chi connectivity index (χ4v) is 3.49. The summed E-state index contributed by atoms with van der Waals surface area (Å²) in [6.45, 7) is 5.18. The summed E-state index contributed by atoms with van der Waals surface area (Å²) < 4.78 is 13.0. The number of rotatable bonds is 6. The minimum atomic E-state index is -0.938. The van der Waals surface area contributed by atoms with Gasteiger partial charge in [0.1, 0.15) is 0 Å². The molecule has 2 nitrogen and oxygen atoms in total. The summed E-state index contributed by atoms with van der Waals surface area (Å²) in [6, 6.07) is 7.98. The molecule has 1 N–H and O–H groups in total. The molecule has 0 aromatic heterocycles. The third kappa shape index (κ3) is 4.36. The predicted molar refractivity (Wildman–Crippen MR) is 73.2 cm³/mol. The highest BCUT2D eigenvalue weighted by Crippen LogP contribution is 2.20. The van der Waals surface area contributed by atoms with Crippen molar-refractivity contribution >= 4 is 26.7 Å². The van der Waals surface area contributed by atoms with E-state index >= 15 is 0 Å². The third-order valence-corrected chi connectivity index (χ3v) is 4.83. The summed E-state index contributed by atoms with van der Waals surface area (Å²) in [6.07, 6.45) is 1.10. The van der Waals surface area contributed by atoms with Gasteiger partial charge in [-0.1, -0.05) is 19.1 Å². The highest BCUT2D eigenvalue weighted by Gasteiger charge is 2.11. The standard InChI is InChI=1S/C12H18BrNOS/c1-3-8-14-10(2)9-16(15)12-7-5-4-6-11(12)13/h4-7,10,14H,3,8-9H2,1-2H3. The van der Waals surface area contributed by atoms with Crippen LogP contribution in [-0.4, -0.2) is 22.5 Å². The first-order valence-corrected chi connectivity index (χ1v) is 7.62. The SMILES string of the molecule is CCCNC(C)CS(=O)c1ccccc1Br. The lowest BCUT2D eigenvalue weighted by atomic mass is 10.3. The zero-order valence-electron chi connectivity index (χ0n) is 9.70. The Hall–Kier alpha value is -0.190. The summed E-state index contributed by atoms with van der Waals surface area (Å²) in [5.41, 5.74) is 0. The van der Waals surface area contributed by atoms with E-state index in [9.17, 15) is 4.21 Å². The fraction of sp³-hybridized carbons (Fsp3) is 0.500. The van der Waals surface area contributed by atoms with Crippen LogP contribution in [-0.2, 0) is 10.8 Å². The van der Waals surface area contributed by atoms with Crippen LogP contribution in [0.1, 0.15) is 20.3 Å². The van der Waals surface area contributed by atoms with Gasteiger partial charge in [0.15, 0.2) is 0 Å². The van der Waals surface area contributed by atoms with E-state index in [1.165, 1.54) is 0 Å². The molecule has 2 atom stereocenters. The van der Waals surface area contributed by atoms with E-state index in [1.807, 2.05) is 24.3 Å². The zero-order chi connectivity index (χ0) is 12.0. The quantitative estimate of drug-likeness (QED) is 0.875. The van der Waals surface area contributed by atoms with Crippen molar-refractivity contribution in [3.63, 3.8) is 0 Å². The average molecular weight is 304 g/mol. The van der Waals surface area contributed by atoms with Gasteiger partial charge in [-0.3, -0.25) is 4.21 Å². The van der Waals surface area contributed by atoms with Crippen molar-refractivity contribution in [2.75, 3.05) is 12.3 Å². The maximum Gasteiger partial charge on any atom is 0.0556 e. The molecular weight excluding hydrogens is 286 g/mol. The van der Waals surface area contributed by atoms with Crippen molar-refractivity contribution in [1.82, 2.24) is 5.32 Å². The van der Waals surface area contributed by atoms with Crippen molar-refractivity contribution < 1.29 is 4.21 Å². The smallest absolute Gasteiger partial charge is 0.0556 e. The summed E-state index contributed by atoms with van der Waals surface area (Å²) in [4.78, 5) is 0.882. The van der Waals surface area contributed by atoms with Gasteiger partial charge in [0.2, 0.25) is 0 Å². The molecule has 1 rings (SSSR count). The second-order valence-electron chi connectivity index (χ2n) is 3.80. The highest BCUT2D eigenvalue weighted by molar-refractivity contribution is 9.10. The van der Waals surface area contributed by atoms with Crippen LogP contribution in [0.25, 0.3) is 0 Å². The molecule has 0 saturated carbocycles. The molecule has 0 saturated heterocycles. The summed E-state index contributed by atoms with van der Waals surface area (Å²) in [5, 5.41) is 3.34. The molecule has 4 heteroatoms.